The predicted molar refractivity (Wildman–Crippen MR) is 137 cm³/mol. The summed E-state index contributed by atoms with van der Waals surface area (Å²) >= 11 is 0. The smallest absolute Gasteiger partial charge is 0.411 e. The number of hydrogen-bond donors (Lipinski definition) is 2. The fourth-order valence-corrected chi connectivity index (χ4v) is 3.63. The Morgan fingerprint density at radius 3 is 2.81 bits per heavy atom. The highest BCUT2D eigenvalue weighted by Crippen LogP contribution is 2.18. The number of hydrazone groups is 1. The van der Waals surface area contributed by atoms with Crippen molar-refractivity contribution in [3.8, 4) is 0 Å². The fourth-order valence-electron chi connectivity index (χ4n) is 3.63. The van der Waals surface area contributed by atoms with E-state index in [4.69, 9.17) is 14.5 Å². The number of aryl methyl sites for hydroxylation is 2. The van der Waals surface area contributed by atoms with Gasteiger partial charge in [0.15, 0.2) is 5.82 Å². The highest BCUT2D eigenvalue weighted by Gasteiger charge is 2.15. The van der Waals surface area contributed by atoms with Gasteiger partial charge in [0.05, 0.1) is 31.7 Å². The molecule has 1 fully saturated rings. The van der Waals surface area contributed by atoms with E-state index in [0.29, 0.717) is 37.7 Å². The number of rotatable bonds is 9. The Kier molecular flexibility index (Phi) is 8.77. The number of hydrogen-bond acceptors (Lipinski definition) is 8. The maximum Gasteiger partial charge on any atom is 0.411 e. The average Bonchev–Trinajstić information content (AvgIpc) is 2.88. The maximum atomic E-state index is 13.7. The van der Waals surface area contributed by atoms with E-state index in [0.717, 1.165) is 30.0 Å². The molecule has 36 heavy (non-hydrogen) atoms. The molecule has 188 valence electrons. The van der Waals surface area contributed by atoms with Crippen molar-refractivity contribution in [2.45, 2.75) is 19.8 Å². The lowest BCUT2D eigenvalue weighted by atomic mass is 10.2. The summed E-state index contributed by atoms with van der Waals surface area (Å²) in [5.74, 6) is 1.44. The van der Waals surface area contributed by atoms with Crippen LogP contribution in [0.25, 0.3) is 0 Å². The second-order valence-electron chi connectivity index (χ2n) is 8.26. The molecule has 1 aromatic heterocycles. The molecule has 0 bridgehead atoms. The molecule has 3 aromatic rings. The third-order valence-corrected chi connectivity index (χ3v) is 5.42. The van der Waals surface area contributed by atoms with E-state index >= 15 is 0 Å². The third kappa shape index (κ3) is 7.47. The molecule has 0 unspecified atom stereocenters. The van der Waals surface area contributed by atoms with Gasteiger partial charge in [-0.05, 0) is 31.0 Å². The number of morpholine rings is 1. The molecule has 2 aromatic carbocycles. The van der Waals surface area contributed by atoms with Crippen LogP contribution in [0.15, 0.2) is 59.7 Å². The van der Waals surface area contributed by atoms with Gasteiger partial charge in [-0.3, -0.25) is 10.7 Å². The van der Waals surface area contributed by atoms with Gasteiger partial charge >= 0.3 is 6.09 Å². The van der Waals surface area contributed by atoms with Crippen LogP contribution in [0.1, 0.15) is 23.4 Å². The minimum Gasteiger partial charge on any atom is -0.449 e. The lowest BCUT2D eigenvalue weighted by Gasteiger charge is -2.28. The zero-order chi connectivity index (χ0) is 25.2. The highest BCUT2D eigenvalue weighted by molar-refractivity contribution is 5.84. The first-order chi connectivity index (χ1) is 17.6. The van der Waals surface area contributed by atoms with Crippen LogP contribution in [0.4, 0.5) is 26.5 Å². The molecular formula is C26H29FN6O3. The summed E-state index contributed by atoms with van der Waals surface area (Å²) in [4.78, 5) is 23.4. The predicted octanol–water partition coefficient (Wildman–Crippen LogP) is 4.39. The van der Waals surface area contributed by atoms with Crippen LogP contribution in [0.2, 0.25) is 0 Å². The molecule has 9 nitrogen and oxygen atoms in total. The van der Waals surface area contributed by atoms with Gasteiger partial charge in [-0.2, -0.15) is 5.10 Å². The van der Waals surface area contributed by atoms with Crippen LogP contribution in [0.3, 0.4) is 0 Å². The van der Waals surface area contributed by atoms with E-state index in [1.165, 1.54) is 12.1 Å². The van der Waals surface area contributed by atoms with Crippen molar-refractivity contribution >= 4 is 29.6 Å². The zero-order valence-electron chi connectivity index (χ0n) is 20.1. The second-order valence-corrected chi connectivity index (χ2v) is 8.26. The zero-order valence-corrected chi connectivity index (χ0v) is 20.1. The standard InChI is InChI=1S/C26H29FN6O3/c1-19-6-4-7-20(16-19)18-28-32-24-17-25(33-11-14-35-15-12-33)31-23(30-24)10-5-13-36-26(34)29-22-9-3-2-8-21(22)27/h2-4,6-9,16-18H,5,10-15H2,1H3,(H,29,34)(H,30,31,32). The Bertz CT molecular complexity index is 1200. The second kappa shape index (κ2) is 12.6. The number of carbonyl (C=O) groups is 1. The summed E-state index contributed by atoms with van der Waals surface area (Å²) in [5, 5.41) is 6.73. The normalized spacial score (nSPS) is 13.6. The number of amides is 1. The number of halogens is 1. The lowest BCUT2D eigenvalue weighted by Crippen LogP contribution is -2.37. The van der Waals surface area contributed by atoms with Gasteiger partial charge in [-0.15, -0.1) is 0 Å². The molecule has 1 saturated heterocycles. The van der Waals surface area contributed by atoms with E-state index in [1.54, 1.807) is 18.3 Å². The Morgan fingerprint density at radius 1 is 1.17 bits per heavy atom. The minimum absolute atomic E-state index is 0.0750. The molecule has 10 heteroatoms. The van der Waals surface area contributed by atoms with Crippen LogP contribution >= 0.6 is 0 Å². The Labute approximate surface area is 209 Å². The number of nitrogens with one attached hydrogen (secondary N) is 2. The SMILES string of the molecule is Cc1cccc(C=NNc2cc(N3CCOCC3)nc(CCCOC(=O)Nc3ccccc3F)n2)c1. The maximum absolute atomic E-state index is 13.7. The molecule has 2 heterocycles. The molecule has 4 rings (SSSR count). The quantitative estimate of drug-likeness (QED) is 0.260. The van der Waals surface area contributed by atoms with Gasteiger partial charge in [0.25, 0.3) is 0 Å². The number of para-hydroxylation sites is 1. The number of benzene rings is 2. The van der Waals surface area contributed by atoms with Gasteiger partial charge in [-0.1, -0.05) is 42.0 Å². The number of anilines is 3. The summed E-state index contributed by atoms with van der Waals surface area (Å²) in [6, 6.07) is 15.8. The van der Waals surface area contributed by atoms with Crippen LogP contribution in [0, 0.1) is 12.7 Å². The van der Waals surface area contributed by atoms with E-state index in [2.05, 4.69) is 25.7 Å². The summed E-state index contributed by atoms with van der Waals surface area (Å²) in [6.07, 6.45) is 2.02. The van der Waals surface area contributed by atoms with Crippen molar-refractivity contribution < 1.29 is 18.7 Å². The van der Waals surface area contributed by atoms with Gasteiger partial charge in [0, 0.05) is 25.6 Å². The molecule has 2 N–H and O–H groups in total. The number of carbonyl (C=O) groups excluding carboxylic acids is 1. The summed E-state index contributed by atoms with van der Waals surface area (Å²) in [7, 11) is 0. The molecule has 0 atom stereocenters. The first-order valence-corrected chi connectivity index (χ1v) is 11.8. The van der Waals surface area contributed by atoms with Gasteiger partial charge in [0.2, 0.25) is 0 Å². The summed E-state index contributed by atoms with van der Waals surface area (Å²) in [6.45, 7) is 4.92. The highest BCUT2D eigenvalue weighted by atomic mass is 19.1. The van der Waals surface area contributed by atoms with Crippen molar-refractivity contribution in [1.82, 2.24) is 9.97 Å². The average molecular weight is 493 g/mol. The monoisotopic (exact) mass is 492 g/mol. The van der Waals surface area contributed by atoms with E-state index in [9.17, 15) is 9.18 Å². The Hall–Kier alpha value is -4.05. The first-order valence-electron chi connectivity index (χ1n) is 11.8. The largest absolute Gasteiger partial charge is 0.449 e. The van der Waals surface area contributed by atoms with E-state index < -0.39 is 11.9 Å². The fraction of sp³-hybridized carbons (Fsp3) is 0.308. The van der Waals surface area contributed by atoms with Crippen molar-refractivity contribution in [2.75, 3.05) is 48.6 Å². The summed E-state index contributed by atoms with van der Waals surface area (Å²) < 4.78 is 24.3. The number of ether oxygens (including phenoxy) is 2. The van der Waals surface area contributed by atoms with Gasteiger partial charge in [-0.25, -0.2) is 19.2 Å². The Morgan fingerprint density at radius 2 is 2.00 bits per heavy atom. The van der Waals surface area contributed by atoms with Crippen LogP contribution < -0.4 is 15.6 Å². The third-order valence-electron chi connectivity index (χ3n) is 5.42. The van der Waals surface area contributed by atoms with Crippen LogP contribution in [-0.4, -0.2) is 55.2 Å². The van der Waals surface area contributed by atoms with E-state index in [-0.39, 0.29) is 12.3 Å². The number of nitrogens with zero attached hydrogens (tertiary/aromatic N) is 4. The molecule has 1 aliphatic rings. The molecule has 0 saturated carbocycles. The molecule has 0 spiro atoms. The molecule has 1 aliphatic heterocycles. The lowest BCUT2D eigenvalue weighted by molar-refractivity contribution is 0.122. The Balaban J connectivity index is 1.36. The summed E-state index contributed by atoms with van der Waals surface area (Å²) in [5.41, 5.74) is 5.22. The molecule has 0 radical (unpaired) electrons. The van der Waals surface area contributed by atoms with Crippen molar-refractivity contribution in [3.63, 3.8) is 0 Å². The topological polar surface area (TPSA) is 101 Å². The van der Waals surface area contributed by atoms with Crippen LogP contribution in [0.5, 0.6) is 0 Å². The van der Waals surface area contributed by atoms with Crippen molar-refractivity contribution in [3.05, 3.63) is 77.4 Å². The molecule has 1 amide bonds. The first kappa shape index (κ1) is 25.1. The van der Waals surface area contributed by atoms with Crippen molar-refractivity contribution in [2.24, 2.45) is 5.10 Å². The van der Waals surface area contributed by atoms with Crippen LogP contribution in [-0.2, 0) is 15.9 Å². The van der Waals surface area contributed by atoms with Gasteiger partial charge < -0.3 is 14.4 Å². The molecule has 0 aliphatic carbocycles. The molecular weight excluding hydrogens is 463 g/mol. The van der Waals surface area contributed by atoms with Crippen molar-refractivity contribution in [1.29, 1.82) is 0 Å². The number of aromatic nitrogens is 2. The van der Waals surface area contributed by atoms with E-state index in [1.807, 2.05) is 37.3 Å². The van der Waals surface area contributed by atoms with Gasteiger partial charge in [0.1, 0.15) is 17.5 Å². The minimum atomic E-state index is -0.712.